The molecule has 0 amide bonds. The van der Waals surface area contributed by atoms with E-state index in [0.717, 1.165) is 21.5 Å². The largest absolute Gasteiger partial charge is 0.236 e. The van der Waals surface area contributed by atoms with Crippen LogP contribution in [0.4, 0.5) is 0 Å². The Bertz CT molecular complexity index is 1620. The van der Waals surface area contributed by atoms with Crippen LogP contribution in [0.15, 0.2) is 79.1 Å². The highest BCUT2D eigenvalue weighted by atomic mass is 32.1. The van der Waals surface area contributed by atoms with Crippen LogP contribution in [0.3, 0.4) is 0 Å². The summed E-state index contributed by atoms with van der Waals surface area (Å²) < 4.78 is 1.28. The number of benzene rings is 4. The second-order valence-electron chi connectivity index (χ2n) is 9.16. The zero-order valence-corrected chi connectivity index (χ0v) is 18.6. The summed E-state index contributed by atoms with van der Waals surface area (Å²) >= 11 is 1.76. The van der Waals surface area contributed by atoms with Gasteiger partial charge in [0.15, 0.2) is 0 Å². The minimum atomic E-state index is 0.0364. The molecule has 6 rings (SSSR count). The number of rotatable bonds is 1. The van der Waals surface area contributed by atoms with Crippen molar-refractivity contribution in [2.45, 2.75) is 26.2 Å². The van der Waals surface area contributed by atoms with Gasteiger partial charge >= 0.3 is 0 Å². The molecule has 0 aliphatic heterocycles. The van der Waals surface area contributed by atoms with Crippen molar-refractivity contribution < 1.29 is 0 Å². The van der Waals surface area contributed by atoms with E-state index in [-0.39, 0.29) is 5.41 Å². The van der Waals surface area contributed by atoms with Crippen molar-refractivity contribution in [1.82, 2.24) is 9.97 Å². The van der Waals surface area contributed by atoms with Gasteiger partial charge in [-0.05, 0) is 44.7 Å². The summed E-state index contributed by atoms with van der Waals surface area (Å²) in [7, 11) is 0. The number of nitrogens with zero attached hydrogens (tertiary/aromatic N) is 2. The van der Waals surface area contributed by atoms with E-state index in [1.165, 1.54) is 37.2 Å². The molecule has 0 saturated heterocycles. The van der Waals surface area contributed by atoms with Crippen LogP contribution in [0, 0.1) is 0 Å². The highest BCUT2D eigenvalue weighted by Crippen LogP contribution is 2.42. The van der Waals surface area contributed by atoms with E-state index in [1.807, 2.05) is 0 Å². The monoisotopic (exact) mass is 418 g/mol. The summed E-state index contributed by atoms with van der Waals surface area (Å²) in [4.78, 5) is 10.5. The Kier molecular flexibility index (Phi) is 3.93. The minimum Gasteiger partial charge on any atom is -0.236 e. The van der Waals surface area contributed by atoms with Gasteiger partial charge in [0.25, 0.3) is 0 Å². The Hall–Kier alpha value is -3.30. The molecule has 0 fully saturated rings. The van der Waals surface area contributed by atoms with Crippen molar-refractivity contribution in [2.75, 3.05) is 0 Å². The maximum absolute atomic E-state index is 4.81. The number of hydrogen-bond acceptors (Lipinski definition) is 3. The van der Waals surface area contributed by atoms with Crippen molar-refractivity contribution in [1.29, 1.82) is 0 Å². The molecular weight excluding hydrogens is 396 g/mol. The van der Waals surface area contributed by atoms with Crippen molar-refractivity contribution in [3.8, 4) is 11.3 Å². The molecule has 0 aliphatic rings. The average molecular weight is 419 g/mol. The van der Waals surface area contributed by atoms with Gasteiger partial charge in [0.1, 0.15) is 11.2 Å². The highest BCUT2D eigenvalue weighted by molar-refractivity contribution is 7.26. The SMILES string of the molecule is CC(C)(C)c1cc(-c2ncnc3sc4c5ccccc5ccc4c23)cc2ccccc12. The summed E-state index contributed by atoms with van der Waals surface area (Å²) in [6, 6.07) is 26.3. The smallest absolute Gasteiger partial charge is 0.128 e. The van der Waals surface area contributed by atoms with E-state index in [9.17, 15) is 0 Å². The molecule has 2 nitrogen and oxygen atoms in total. The van der Waals surface area contributed by atoms with Crippen molar-refractivity contribution >= 4 is 53.2 Å². The zero-order valence-electron chi connectivity index (χ0n) is 17.8. The van der Waals surface area contributed by atoms with Crippen molar-refractivity contribution in [3.63, 3.8) is 0 Å². The first-order valence-corrected chi connectivity index (χ1v) is 11.4. The molecule has 0 unspecified atom stereocenters. The lowest BCUT2D eigenvalue weighted by Crippen LogP contribution is -2.12. The molecule has 0 N–H and O–H groups in total. The third-order valence-electron chi connectivity index (χ3n) is 6.10. The maximum Gasteiger partial charge on any atom is 0.128 e. The molecular formula is C28H22N2S. The van der Waals surface area contributed by atoms with Crippen LogP contribution in [0.2, 0.25) is 0 Å². The van der Waals surface area contributed by atoms with E-state index < -0.39 is 0 Å². The molecule has 0 bridgehead atoms. The van der Waals surface area contributed by atoms with Gasteiger partial charge in [0.2, 0.25) is 0 Å². The first kappa shape index (κ1) is 18.5. The standard InChI is InChI=1S/C28H22N2S/c1-28(2,3)23-15-19(14-18-9-5-6-10-20(18)23)25-24-22-13-12-17-8-4-7-11-21(17)26(22)31-27(24)30-16-29-25/h4-16H,1-3H3. The van der Waals surface area contributed by atoms with Gasteiger partial charge in [-0.3, -0.25) is 0 Å². The van der Waals surface area contributed by atoms with Crippen LogP contribution in [0.25, 0.3) is 53.1 Å². The van der Waals surface area contributed by atoms with Crippen LogP contribution in [-0.2, 0) is 5.41 Å². The van der Waals surface area contributed by atoms with E-state index >= 15 is 0 Å². The normalized spacial score (nSPS) is 12.4. The second kappa shape index (κ2) is 6.60. The Morgan fingerprint density at radius 3 is 2.26 bits per heavy atom. The lowest BCUT2D eigenvalue weighted by Gasteiger charge is -2.22. The van der Waals surface area contributed by atoms with E-state index in [1.54, 1.807) is 17.7 Å². The van der Waals surface area contributed by atoms with Crippen LogP contribution in [-0.4, -0.2) is 9.97 Å². The molecule has 2 aromatic heterocycles. The predicted molar refractivity (Wildman–Crippen MR) is 134 cm³/mol. The van der Waals surface area contributed by atoms with Crippen LogP contribution in [0.5, 0.6) is 0 Å². The molecule has 31 heavy (non-hydrogen) atoms. The second-order valence-corrected chi connectivity index (χ2v) is 10.2. The highest BCUT2D eigenvalue weighted by Gasteiger charge is 2.20. The molecule has 150 valence electrons. The maximum atomic E-state index is 4.81. The Morgan fingerprint density at radius 2 is 1.45 bits per heavy atom. The fourth-order valence-corrected chi connectivity index (χ4v) is 5.80. The van der Waals surface area contributed by atoms with Gasteiger partial charge in [-0.2, -0.15) is 0 Å². The number of thiophene rings is 1. The number of fused-ring (bicyclic) bond motifs is 6. The molecule has 4 aromatic carbocycles. The van der Waals surface area contributed by atoms with Gasteiger partial charge < -0.3 is 0 Å². The molecule has 0 atom stereocenters. The minimum absolute atomic E-state index is 0.0364. The van der Waals surface area contributed by atoms with Gasteiger partial charge in [0, 0.05) is 21.0 Å². The molecule has 0 spiro atoms. The quantitative estimate of drug-likeness (QED) is 0.269. The summed E-state index contributed by atoms with van der Waals surface area (Å²) in [5.74, 6) is 0. The third-order valence-corrected chi connectivity index (χ3v) is 7.25. The van der Waals surface area contributed by atoms with Crippen LogP contribution < -0.4 is 0 Å². The lowest BCUT2D eigenvalue weighted by atomic mass is 9.82. The van der Waals surface area contributed by atoms with Crippen molar-refractivity contribution in [2.24, 2.45) is 0 Å². The Balaban J connectivity index is 1.72. The summed E-state index contributed by atoms with van der Waals surface area (Å²) in [5.41, 5.74) is 3.55. The Morgan fingerprint density at radius 1 is 0.710 bits per heavy atom. The summed E-state index contributed by atoms with van der Waals surface area (Å²) in [6.45, 7) is 6.83. The molecule has 2 heterocycles. The van der Waals surface area contributed by atoms with E-state index in [0.29, 0.717) is 0 Å². The fraction of sp³-hybridized carbons (Fsp3) is 0.143. The Labute approximate surface area is 185 Å². The molecule has 0 radical (unpaired) electrons. The molecule has 0 aliphatic carbocycles. The number of hydrogen-bond donors (Lipinski definition) is 0. The number of aromatic nitrogens is 2. The predicted octanol–water partition coefficient (Wildman–Crippen LogP) is 8.12. The van der Waals surface area contributed by atoms with Gasteiger partial charge in [-0.25, -0.2) is 9.97 Å². The summed E-state index contributed by atoms with van der Waals surface area (Å²) in [5, 5.41) is 7.50. The average Bonchev–Trinajstić information content (AvgIpc) is 3.17. The van der Waals surface area contributed by atoms with Crippen LogP contribution in [0.1, 0.15) is 26.3 Å². The summed E-state index contributed by atoms with van der Waals surface area (Å²) in [6.07, 6.45) is 1.71. The molecule has 6 aromatic rings. The van der Waals surface area contributed by atoms with Gasteiger partial charge in [0.05, 0.1) is 5.69 Å². The first-order chi connectivity index (χ1) is 15.0. The van der Waals surface area contributed by atoms with E-state index in [2.05, 4.69) is 98.6 Å². The topological polar surface area (TPSA) is 25.8 Å². The zero-order chi connectivity index (χ0) is 21.2. The lowest BCUT2D eigenvalue weighted by molar-refractivity contribution is 0.596. The third kappa shape index (κ3) is 2.84. The van der Waals surface area contributed by atoms with Crippen molar-refractivity contribution in [3.05, 3.63) is 84.7 Å². The fourth-order valence-electron chi connectivity index (χ4n) is 4.62. The van der Waals surface area contributed by atoms with Crippen LogP contribution >= 0.6 is 11.3 Å². The molecule has 3 heteroatoms. The van der Waals surface area contributed by atoms with Gasteiger partial charge in [-0.15, -0.1) is 11.3 Å². The van der Waals surface area contributed by atoms with Gasteiger partial charge in [-0.1, -0.05) is 81.4 Å². The first-order valence-electron chi connectivity index (χ1n) is 10.6. The molecule has 0 saturated carbocycles. The van der Waals surface area contributed by atoms with E-state index in [4.69, 9.17) is 4.98 Å².